The molecule has 0 aliphatic heterocycles. The van der Waals surface area contributed by atoms with Crippen molar-refractivity contribution in [3.63, 3.8) is 0 Å². The van der Waals surface area contributed by atoms with Gasteiger partial charge < -0.3 is 4.74 Å². The van der Waals surface area contributed by atoms with E-state index in [9.17, 15) is 30.7 Å². The predicted octanol–water partition coefficient (Wildman–Crippen LogP) is 7.49. The van der Waals surface area contributed by atoms with Crippen molar-refractivity contribution in [3.05, 3.63) is 70.6 Å². The van der Waals surface area contributed by atoms with E-state index < -0.39 is 46.5 Å². The highest BCUT2D eigenvalue weighted by atomic mass is 19.3. The first-order valence-electron chi connectivity index (χ1n) is 9.52. The van der Waals surface area contributed by atoms with Crippen molar-refractivity contribution in [2.45, 2.75) is 45.1 Å². The Labute approximate surface area is 169 Å². The number of allylic oxidation sites excluding steroid dienone is 2. The fourth-order valence-corrected chi connectivity index (χ4v) is 3.65. The molecule has 1 nitrogen and oxygen atoms in total. The maximum absolute atomic E-state index is 14.4. The number of halogens is 7. The summed E-state index contributed by atoms with van der Waals surface area (Å²) in [5, 5.41) is 0. The molecule has 0 spiro atoms. The highest BCUT2D eigenvalue weighted by Crippen LogP contribution is 2.39. The number of alkyl halides is 2. The lowest BCUT2D eigenvalue weighted by atomic mass is 9.84. The van der Waals surface area contributed by atoms with Crippen LogP contribution in [-0.4, -0.2) is 0 Å². The van der Waals surface area contributed by atoms with Crippen LogP contribution in [0.4, 0.5) is 30.7 Å². The lowest BCUT2D eigenvalue weighted by Crippen LogP contribution is -2.25. The number of rotatable bonds is 6. The highest BCUT2D eigenvalue weighted by molar-refractivity contribution is 5.66. The third kappa shape index (κ3) is 4.63. The largest absolute Gasteiger partial charge is 0.432 e. The zero-order valence-corrected chi connectivity index (χ0v) is 16.1. The van der Waals surface area contributed by atoms with Gasteiger partial charge in [-0.1, -0.05) is 25.8 Å². The summed E-state index contributed by atoms with van der Waals surface area (Å²) in [5.74, 6) is -9.18. The van der Waals surface area contributed by atoms with Crippen LogP contribution in [-0.2, 0) is 6.11 Å². The zero-order chi connectivity index (χ0) is 22.1. The van der Waals surface area contributed by atoms with Crippen molar-refractivity contribution in [2.24, 2.45) is 5.92 Å². The summed E-state index contributed by atoms with van der Waals surface area (Å²) in [5.41, 5.74) is -0.881. The minimum atomic E-state index is -4.59. The second kappa shape index (κ2) is 8.70. The van der Waals surface area contributed by atoms with Crippen molar-refractivity contribution in [1.29, 1.82) is 0 Å². The Morgan fingerprint density at radius 3 is 2.03 bits per heavy atom. The number of benzene rings is 2. The van der Waals surface area contributed by atoms with Crippen LogP contribution in [0.1, 0.15) is 50.2 Å². The Hall–Kier alpha value is -2.51. The SMILES string of the molecule is CCCC1CC=C(c2cc(F)c(C(F)(F)Oc3cc(F)c(F)c(F)c3)c(F)c2)CC1. The van der Waals surface area contributed by atoms with Gasteiger partial charge in [0.1, 0.15) is 22.9 Å². The molecule has 3 rings (SSSR count). The van der Waals surface area contributed by atoms with Crippen LogP contribution in [0.15, 0.2) is 30.3 Å². The van der Waals surface area contributed by atoms with Gasteiger partial charge in [0.2, 0.25) is 0 Å². The van der Waals surface area contributed by atoms with E-state index in [1.165, 1.54) is 0 Å². The first-order chi connectivity index (χ1) is 14.1. The van der Waals surface area contributed by atoms with E-state index in [1.807, 2.05) is 6.08 Å². The molecule has 30 heavy (non-hydrogen) atoms. The van der Waals surface area contributed by atoms with E-state index in [-0.39, 0.29) is 17.7 Å². The molecule has 0 saturated carbocycles. The molecule has 0 N–H and O–H groups in total. The lowest BCUT2D eigenvalue weighted by Gasteiger charge is -2.23. The molecule has 2 aromatic rings. The lowest BCUT2D eigenvalue weighted by molar-refractivity contribution is -0.189. The van der Waals surface area contributed by atoms with Crippen molar-refractivity contribution in [1.82, 2.24) is 0 Å². The van der Waals surface area contributed by atoms with Crippen LogP contribution < -0.4 is 4.74 Å². The monoisotopic (exact) mass is 432 g/mol. The second-order valence-electron chi connectivity index (χ2n) is 7.29. The number of hydrogen-bond donors (Lipinski definition) is 0. The van der Waals surface area contributed by atoms with Crippen LogP contribution in [0.25, 0.3) is 5.57 Å². The number of ether oxygens (including phenoxy) is 1. The third-order valence-electron chi connectivity index (χ3n) is 5.12. The van der Waals surface area contributed by atoms with Gasteiger partial charge in [-0.2, -0.15) is 8.78 Å². The van der Waals surface area contributed by atoms with Gasteiger partial charge in [-0.25, -0.2) is 22.0 Å². The molecule has 0 radical (unpaired) electrons. The summed E-state index contributed by atoms with van der Waals surface area (Å²) >= 11 is 0. The summed E-state index contributed by atoms with van der Waals surface area (Å²) in [6, 6.07) is 1.90. The molecule has 1 aliphatic carbocycles. The Balaban J connectivity index is 1.88. The van der Waals surface area contributed by atoms with Gasteiger partial charge in [0.15, 0.2) is 17.5 Å². The minimum absolute atomic E-state index is 0.151. The normalized spacial score (nSPS) is 17.1. The Bertz CT molecular complexity index is 922. The van der Waals surface area contributed by atoms with Crippen LogP contribution >= 0.6 is 0 Å². The zero-order valence-electron chi connectivity index (χ0n) is 16.1. The summed E-state index contributed by atoms with van der Waals surface area (Å²) in [6.45, 7) is 2.07. The number of hydrogen-bond acceptors (Lipinski definition) is 1. The van der Waals surface area contributed by atoms with E-state index in [1.54, 1.807) is 0 Å². The first-order valence-corrected chi connectivity index (χ1v) is 9.52. The average molecular weight is 432 g/mol. The van der Waals surface area contributed by atoms with Crippen molar-refractivity contribution in [2.75, 3.05) is 0 Å². The van der Waals surface area contributed by atoms with Crippen LogP contribution in [0.3, 0.4) is 0 Å². The molecule has 0 amide bonds. The maximum Gasteiger partial charge on any atom is 0.432 e. The van der Waals surface area contributed by atoms with Gasteiger partial charge in [0, 0.05) is 12.1 Å². The molecular weight excluding hydrogens is 413 g/mol. The van der Waals surface area contributed by atoms with Gasteiger partial charge in [-0.3, -0.25) is 0 Å². The van der Waals surface area contributed by atoms with E-state index in [2.05, 4.69) is 11.7 Å². The van der Waals surface area contributed by atoms with Gasteiger partial charge in [0.05, 0.1) is 0 Å². The molecule has 0 heterocycles. The highest BCUT2D eigenvalue weighted by Gasteiger charge is 2.41. The summed E-state index contributed by atoms with van der Waals surface area (Å²) in [4.78, 5) is 0. The van der Waals surface area contributed by atoms with Crippen LogP contribution in [0.2, 0.25) is 0 Å². The average Bonchev–Trinajstić information content (AvgIpc) is 2.65. The van der Waals surface area contributed by atoms with Crippen molar-refractivity contribution < 1.29 is 35.5 Å². The molecule has 1 unspecified atom stereocenters. The molecule has 0 fully saturated rings. The van der Waals surface area contributed by atoms with E-state index >= 15 is 0 Å². The van der Waals surface area contributed by atoms with Crippen molar-refractivity contribution >= 4 is 5.57 Å². The summed E-state index contributed by atoms with van der Waals surface area (Å²) < 4.78 is 101. The molecule has 8 heteroatoms. The molecule has 0 aromatic heterocycles. The van der Waals surface area contributed by atoms with Crippen molar-refractivity contribution in [3.8, 4) is 5.75 Å². The Morgan fingerprint density at radius 1 is 0.933 bits per heavy atom. The molecule has 0 saturated heterocycles. The van der Waals surface area contributed by atoms with Gasteiger partial charge >= 0.3 is 6.11 Å². The van der Waals surface area contributed by atoms with Crippen LogP contribution in [0.5, 0.6) is 5.75 Å². The van der Waals surface area contributed by atoms with E-state index in [4.69, 9.17) is 0 Å². The molecule has 0 bridgehead atoms. The first kappa shape index (κ1) is 22.2. The van der Waals surface area contributed by atoms with Gasteiger partial charge in [-0.05, 0) is 48.4 Å². The molecule has 1 atom stereocenters. The summed E-state index contributed by atoms with van der Waals surface area (Å²) in [6.07, 6.45) is 1.50. The van der Waals surface area contributed by atoms with Gasteiger partial charge in [0.25, 0.3) is 0 Å². The third-order valence-corrected chi connectivity index (χ3v) is 5.12. The Kier molecular flexibility index (Phi) is 6.43. The van der Waals surface area contributed by atoms with Gasteiger partial charge in [-0.15, -0.1) is 0 Å². The quantitative estimate of drug-likeness (QED) is 0.339. The molecule has 1 aliphatic rings. The molecule has 162 valence electrons. The van der Waals surface area contributed by atoms with E-state index in [0.29, 0.717) is 17.9 Å². The second-order valence-corrected chi connectivity index (χ2v) is 7.29. The summed E-state index contributed by atoms with van der Waals surface area (Å²) in [7, 11) is 0. The smallest absolute Gasteiger partial charge is 0.429 e. The molecular formula is C22H19F7O. The fraction of sp³-hybridized carbons (Fsp3) is 0.364. The van der Waals surface area contributed by atoms with Crippen LogP contribution in [0, 0.1) is 35.0 Å². The standard InChI is InChI=1S/C22H19F7O/c1-2-3-12-4-6-13(7-5-12)14-8-16(23)20(17(24)9-14)22(28,29)30-15-10-18(25)21(27)19(26)11-15/h6,8-12H,2-5,7H2,1H3. The molecule has 2 aromatic carbocycles. The Morgan fingerprint density at radius 2 is 1.53 bits per heavy atom. The topological polar surface area (TPSA) is 9.23 Å². The predicted molar refractivity (Wildman–Crippen MR) is 97.4 cm³/mol. The van der Waals surface area contributed by atoms with E-state index in [0.717, 1.165) is 37.8 Å². The minimum Gasteiger partial charge on any atom is -0.429 e. The fourth-order valence-electron chi connectivity index (χ4n) is 3.65. The maximum atomic E-state index is 14.4.